The molecule has 1 aromatic heterocycles. The van der Waals surface area contributed by atoms with E-state index in [9.17, 15) is 23.5 Å². The average Bonchev–Trinajstić information content (AvgIpc) is 2.66. The quantitative estimate of drug-likeness (QED) is 0.748. The molecule has 2 unspecified atom stereocenters. The zero-order valence-electron chi connectivity index (χ0n) is 16.0. The lowest BCUT2D eigenvalue weighted by molar-refractivity contribution is -0.173. The summed E-state index contributed by atoms with van der Waals surface area (Å²) in [5, 5.41) is 16.8. The summed E-state index contributed by atoms with van der Waals surface area (Å²) in [5.74, 6) is -1.83. The van der Waals surface area contributed by atoms with Crippen molar-refractivity contribution in [2.45, 2.75) is 44.1 Å². The lowest BCUT2D eigenvalue weighted by Gasteiger charge is -2.60. The lowest BCUT2D eigenvalue weighted by atomic mass is 9.47. The maximum Gasteiger partial charge on any atom is 0.309 e. The number of carboxylic acid groups (broad SMARTS) is 1. The molecule has 4 saturated carbocycles. The van der Waals surface area contributed by atoms with Crippen LogP contribution in [-0.4, -0.2) is 20.9 Å². The Morgan fingerprint density at radius 2 is 1.90 bits per heavy atom. The van der Waals surface area contributed by atoms with Crippen LogP contribution in [-0.2, 0) is 10.3 Å². The summed E-state index contributed by atoms with van der Waals surface area (Å²) in [6.45, 7) is 0. The monoisotopic (exact) mass is 435 g/mol. The summed E-state index contributed by atoms with van der Waals surface area (Å²) in [4.78, 5) is 25.2. The highest BCUT2D eigenvalue weighted by molar-refractivity contribution is 6.33. The Kier molecular flexibility index (Phi) is 4.23. The summed E-state index contributed by atoms with van der Waals surface area (Å²) in [7, 11) is 0. The highest BCUT2D eigenvalue weighted by Crippen LogP contribution is 2.63. The van der Waals surface area contributed by atoms with Gasteiger partial charge in [0.25, 0.3) is 5.56 Å². The fraction of sp³-hybridized carbons (Fsp3) is 0.476. The standard InChI is InChI=1S/C21H20ClF2N3O3/c22-17-16(26-15-2-1-13(23)4-14(15)24)9-25-27(18(17)28)21-7-11-3-12(8-21)6-20(5-11,10-21)19(29)30/h1-2,4,9,11-12,26H,3,5-8,10H2,(H,29,30)/t11-,12+,20?,21?. The minimum absolute atomic E-state index is 0.0307. The van der Waals surface area contributed by atoms with Crippen LogP contribution in [0.25, 0.3) is 0 Å². The van der Waals surface area contributed by atoms with Crippen LogP contribution in [0.5, 0.6) is 0 Å². The van der Waals surface area contributed by atoms with Gasteiger partial charge in [0.05, 0.1) is 28.5 Å². The normalized spacial score (nSPS) is 31.7. The molecule has 4 aliphatic rings. The van der Waals surface area contributed by atoms with E-state index in [1.54, 1.807) is 0 Å². The molecular formula is C21H20ClF2N3O3. The van der Waals surface area contributed by atoms with Crippen LogP contribution in [0.4, 0.5) is 20.2 Å². The van der Waals surface area contributed by atoms with Crippen LogP contribution in [0.1, 0.15) is 38.5 Å². The fourth-order valence-corrected chi connectivity index (χ4v) is 6.48. The molecule has 1 heterocycles. The van der Waals surface area contributed by atoms with E-state index in [4.69, 9.17) is 11.6 Å². The number of aromatic nitrogens is 2. The van der Waals surface area contributed by atoms with Crippen molar-refractivity contribution in [2.24, 2.45) is 17.3 Å². The summed E-state index contributed by atoms with van der Waals surface area (Å²) < 4.78 is 28.5. The smallest absolute Gasteiger partial charge is 0.309 e. The number of benzene rings is 1. The van der Waals surface area contributed by atoms with Crippen molar-refractivity contribution in [2.75, 3.05) is 5.32 Å². The van der Waals surface area contributed by atoms with Crippen molar-refractivity contribution in [1.29, 1.82) is 0 Å². The van der Waals surface area contributed by atoms with E-state index in [0.717, 1.165) is 18.6 Å². The van der Waals surface area contributed by atoms with Gasteiger partial charge in [-0.3, -0.25) is 9.59 Å². The first kappa shape index (κ1) is 19.5. The van der Waals surface area contributed by atoms with Gasteiger partial charge in [-0.1, -0.05) is 11.6 Å². The van der Waals surface area contributed by atoms with Gasteiger partial charge >= 0.3 is 5.97 Å². The molecule has 0 saturated heterocycles. The molecule has 6 rings (SSSR count). The maximum absolute atomic E-state index is 14.0. The highest BCUT2D eigenvalue weighted by Gasteiger charge is 2.62. The third kappa shape index (κ3) is 2.84. The zero-order valence-corrected chi connectivity index (χ0v) is 16.8. The summed E-state index contributed by atoms with van der Waals surface area (Å²) in [5.41, 5.74) is -1.93. The number of aliphatic carboxylic acids is 1. The first-order chi connectivity index (χ1) is 14.2. The first-order valence-electron chi connectivity index (χ1n) is 9.95. The number of hydrogen-bond acceptors (Lipinski definition) is 4. The SMILES string of the molecule is O=C(O)C12C[C@H]3C[C@@H](C1)CC(n1ncc(Nc4ccc(F)cc4F)c(Cl)c1=O)(C3)C2. The van der Waals surface area contributed by atoms with Gasteiger partial charge in [0.15, 0.2) is 0 Å². The predicted molar refractivity (Wildman–Crippen MR) is 106 cm³/mol. The minimum atomic E-state index is -0.820. The topological polar surface area (TPSA) is 84.2 Å². The van der Waals surface area contributed by atoms with Gasteiger partial charge in [0, 0.05) is 6.07 Å². The van der Waals surface area contributed by atoms with E-state index < -0.39 is 34.1 Å². The molecule has 4 aliphatic carbocycles. The molecule has 4 fully saturated rings. The molecule has 0 aliphatic heterocycles. The number of anilines is 2. The lowest BCUT2D eigenvalue weighted by Crippen LogP contribution is -2.61. The minimum Gasteiger partial charge on any atom is -0.481 e. The van der Waals surface area contributed by atoms with E-state index >= 15 is 0 Å². The van der Waals surface area contributed by atoms with Gasteiger partial charge in [-0.05, 0) is 62.5 Å². The molecule has 1 aromatic carbocycles. The second-order valence-corrected chi connectivity index (χ2v) is 9.49. The van der Waals surface area contributed by atoms with Crippen LogP contribution in [0.2, 0.25) is 5.02 Å². The van der Waals surface area contributed by atoms with Crippen molar-refractivity contribution in [3.63, 3.8) is 0 Å². The van der Waals surface area contributed by atoms with Crippen molar-refractivity contribution in [1.82, 2.24) is 9.78 Å². The number of carboxylic acids is 1. The molecule has 9 heteroatoms. The van der Waals surface area contributed by atoms with Crippen molar-refractivity contribution < 1.29 is 18.7 Å². The van der Waals surface area contributed by atoms with E-state index in [2.05, 4.69) is 10.4 Å². The maximum atomic E-state index is 14.0. The van der Waals surface area contributed by atoms with Crippen LogP contribution in [0.3, 0.4) is 0 Å². The van der Waals surface area contributed by atoms with Gasteiger partial charge in [0.2, 0.25) is 0 Å². The van der Waals surface area contributed by atoms with Crippen molar-refractivity contribution >= 4 is 28.9 Å². The number of carbonyl (C=O) groups is 1. The summed E-state index contributed by atoms with van der Waals surface area (Å²) in [6.07, 6.45) is 5.41. The van der Waals surface area contributed by atoms with Crippen LogP contribution < -0.4 is 10.9 Å². The molecule has 158 valence electrons. The van der Waals surface area contributed by atoms with Crippen molar-refractivity contribution in [3.8, 4) is 0 Å². The number of halogens is 3. The van der Waals surface area contributed by atoms with Gasteiger partial charge in [-0.25, -0.2) is 13.5 Å². The second kappa shape index (κ2) is 6.51. The molecule has 0 radical (unpaired) electrons. The second-order valence-electron chi connectivity index (χ2n) is 9.11. The Morgan fingerprint density at radius 1 is 1.20 bits per heavy atom. The number of nitrogens with zero attached hydrogens (tertiary/aromatic N) is 2. The Balaban J connectivity index is 1.53. The Hall–Kier alpha value is -2.48. The highest BCUT2D eigenvalue weighted by atomic mass is 35.5. The summed E-state index contributed by atoms with van der Waals surface area (Å²) >= 11 is 6.32. The molecule has 0 amide bonds. The van der Waals surface area contributed by atoms with Gasteiger partial charge in [0.1, 0.15) is 16.7 Å². The predicted octanol–water partition coefficient (Wildman–Crippen LogP) is 4.30. The Morgan fingerprint density at radius 3 is 2.53 bits per heavy atom. The Bertz CT molecular complexity index is 1110. The molecule has 4 bridgehead atoms. The number of rotatable bonds is 4. The van der Waals surface area contributed by atoms with Crippen LogP contribution in [0.15, 0.2) is 29.2 Å². The largest absolute Gasteiger partial charge is 0.481 e. The molecule has 6 nitrogen and oxygen atoms in total. The molecule has 30 heavy (non-hydrogen) atoms. The van der Waals surface area contributed by atoms with E-state index in [0.29, 0.717) is 32.1 Å². The molecule has 4 atom stereocenters. The van der Waals surface area contributed by atoms with Crippen molar-refractivity contribution in [3.05, 3.63) is 51.4 Å². The molecular weight excluding hydrogens is 416 g/mol. The molecule has 2 aromatic rings. The average molecular weight is 436 g/mol. The fourth-order valence-electron chi connectivity index (χ4n) is 6.31. The molecule has 2 N–H and O–H groups in total. The van der Waals surface area contributed by atoms with Gasteiger partial charge in [-0.2, -0.15) is 5.10 Å². The number of hydrogen-bond donors (Lipinski definition) is 2. The van der Waals surface area contributed by atoms with E-state index in [1.807, 2.05) is 0 Å². The van der Waals surface area contributed by atoms with E-state index in [-0.39, 0.29) is 28.2 Å². The zero-order chi connectivity index (χ0) is 21.3. The number of nitrogens with one attached hydrogen (secondary N) is 1. The van der Waals surface area contributed by atoms with Crippen LogP contribution in [0, 0.1) is 28.9 Å². The van der Waals surface area contributed by atoms with Gasteiger partial charge in [-0.15, -0.1) is 0 Å². The summed E-state index contributed by atoms with van der Waals surface area (Å²) in [6, 6.07) is 3.03. The molecule has 0 spiro atoms. The first-order valence-corrected chi connectivity index (χ1v) is 10.3. The third-order valence-corrected chi connectivity index (χ3v) is 7.42. The van der Waals surface area contributed by atoms with E-state index in [1.165, 1.54) is 16.9 Å². The van der Waals surface area contributed by atoms with Crippen LogP contribution >= 0.6 is 11.6 Å². The Labute approximate surface area is 175 Å². The van der Waals surface area contributed by atoms with Gasteiger partial charge < -0.3 is 10.4 Å². The third-order valence-electron chi connectivity index (χ3n) is 7.05.